The molecule has 1 amide bonds. The zero-order chi connectivity index (χ0) is 13.8. The molecule has 0 atom stereocenters. The highest BCUT2D eigenvalue weighted by Gasteiger charge is 2.31. The third kappa shape index (κ3) is 3.53. The lowest BCUT2D eigenvalue weighted by Crippen LogP contribution is -2.40. The van der Waals surface area contributed by atoms with Crippen LogP contribution in [0.1, 0.15) is 18.4 Å². The van der Waals surface area contributed by atoms with Crippen molar-refractivity contribution in [1.29, 1.82) is 0 Å². The SMILES string of the molecule is O=C([OH2+])C1CCN(C(=O)Cc2ccc(F)cc2)CC1. The maximum absolute atomic E-state index is 12.8. The number of benzene rings is 1. The van der Waals surface area contributed by atoms with Gasteiger partial charge < -0.3 is 10.0 Å². The summed E-state index contributed by atoms with van der Waals surface area (Å²) in [5, 5.41) is 7.07. The van der Waals surface area contributed by atoms with Crippen LogP contribution in [0.3, 0.4) is 0 Å². The van der Waals surface area contributed by atoms with Gasteiger partial charge in [-0.25, -0.2) is 4.39 Å². The molecule has 102 valence electrons. The summed E-state index contributed by atoms with van der Waals surface area (Å²) in [7, 11) is 0. The van der Waals surface area contributed by atoms with E-state index in [1.54, 1.807) is 17.0 Å². The van der Waals surface area contributed by atoms with E-state index in [4.69, 9.17) is 5.11 Å². The van der Waals surface area contributed by atoms with E-state index in [1.807, 2.05) is 0 Å². The van der Waals surface area contributed by atoms with Crippen LogP contribution in [0, 0.1) is 11.7 Å². The van der Waals surface area contributed by atoms with Crippen molar-refractivity contribution in [2.75, 3.05) is 13.1 Å². The Morgan fingerprint density at radius 3 is 2.32 bits per heavy atom. The quantitative estimate of drug-likeness (QED) is 0.762. The summed E-state index contributed by atoms with van der Waals surface area (Å²) < 4.78 is 12.8. The van der Waals surface area contributed by atoms with Crippen LogP contribution in [0.2, 0.25) is 0 Å². The van der Waals surface area contributed by atoms with Gasteiger partial charge in [0.05, 0.1) is 6.42 Å². The predicted octanol–water partition coefficient (Wildman–Crippen LogP) is 0.858. The summed E-state index contributed by atoms with van der Waals surface area (Å²) in [5.74, 6) is -1.09. The largest absolute Gasteiger partial charge is 0.565 e. The van der Waals surface area contributed by atoms with Crippen molar-refractivity contribution in [2.24, 2.45) is 5.92 Å². The number of carbonyl (C=O) groups is 2. The Labute approximate surface area is 110 Å². The monoisotopic (exact) mass is 266 g/mol. The van der Waals surface area contributed by atoms with E-state index in [9.17, 15) is 14.0 Å². The van der Waals surface area contributed by atoms with Gasteiger partial charge in [-0.05, 0) is 30.5 Å². The Kier molecular flexibility index (Phi) is 4.14. The van der Waals surface area contributed by atoms with E-state index < -0.39 is 5.97 Å². The summed E-state index contributed by atoms with van der Waals surface area (Å²) in [4.78, 5) is 24.7. The minimum atomic E-state index is -0.536. The molecule has 2 rings (SSSR count). The molecule has 1 aliphatic rings. The lowest BCUT2D eigenvalue weighted by molar-refractivity contribution is -0.145. The van der Waals surface area contributed by atoms with Crippen LogP contribution in [0.5, 0.6) is 0 Å². The Morgan fingerprint density at radius 2 is 1.79 bits per heavy atom. The summed E-state index contributed by atoms with van der Waals surface area (Å²) in [5.41, 5.74) is 0.782. The van der Waals surface area contributed by atoms with Gasteiger partial charge in [0.2, 0.25) is 5.91 Å². The molecule has 4 nitrogen and oxygen atoms in total. The topological polar surface area (TPSA) is 60.3 Å². The average Bonchev–Trinajstić information content (AvgIpc) is 2.41. The van der Waals surface area contributed by atoms with Crippen molar-refractivity contribution in [3.63, 3.8) is 0 Å². The maximum Gasteiger partial charge on any atom is 0.519 e. The number of piperidine rings is 1. The molecule has 0 spiro atoms. The Balaban J connectivity index is 1.88. The minimum Gasteiger partial charge on any atom is -0.565 e. The third-order valence-electron chi connectivity index (χ3n) is 3.49. The molecule has 0 aromatic heterocycles. The zero-order valence-corrected chi connectivity index (χ0v) is 10.6. The molecule has 1 fully saturated rings. The van der Waals surface area contributed by atoms with Crippen LogP contribution < -0.4 is 0 Å². The highest BCUT2D eigenvalue weighted by molar-refractivity contribution is 5.79. The average molecular weight is 266 g/mol. The van der Waals surface area contributed by atoms with Gasteiger partial charge in [0.25, 0.3) is 0 Å². The lowest BCUT2D eigenvalue weighted by atomic mass is 9.96. The molecule has 0 bridgehead atoms. The van der Waals surface area contributed by atoms with Crippen molar-refractivity contribution in [3.8, 4) is 0 Å². The molecule has 1 heterocycles. The molecule has 1 saturated heterocycles. The molecule has 5 heteroatoms. The fraction of sp³-hybridized carbons (Fsp3) is 0.429. The fourth-order valence-electron chi connectivity index (χ4n) is 2.28. The van der Waals surface area contributed by atoms with Gasteiger partial charge in [0.15, 0.2) is 0 Å². The molecule has 0 radical (unpaired) electrons. The third-order valence-corrected chi connectivity index (χ3v) is 3.49. The van der Waals surface area contributed by atoms with Crippen molar-refractivity contribution in [1.82, 2.24) is 4.90 Å². The van der Waals surface area contributed by atoms with Crippen molar-refractivity contribution < 1.29 is 19.1 Å². The number of hydrogen-bond acceptors (Lipinski definition) is 2. The first-order valence-corrected chi connectivity index (χ1v) is 6.34. The van der Waals surface area contributed by atoms with Crippen molar-refractivity contribution in [2.45, 2.75) is 19.3 Å². The molecule has 19 heavy (non-hydrogen) atoms. The number of amides is 1. The van der Waals surface area contributed by atoms with E-state index in [1.165, 1.54) is 12.1 Å². The minimum absolute atomic E-state index is 0.0116. The van der Waals surface area contributed by atoms with E-state index in [0.717, 1.165) is 5.56 Å². The Hall–Kier alpha value is -1.91. The molecule has 1 aromatic carbocycles. The molecule has 1 aliphatic heterocycles. The standard InChI is InChI=1S/C14H16FNO3/c15-12-3-1-10(2-4-12)9-13(17)16-7-5-11(6-8-16)14(18)19/h1-4,11H,5-9H2,(H,18,19)/p+1. The molecule has 0 saturated carbocycles. The number of likely N-dealkylation sites (tertiary alicyclic amines) is 1. The Morgan fingerprint density at radius 1 is 1.21 bits per heavy atom. The molecular formula is C14H17FNO3+. The molecular weight excluding hydrogens is 249 g/mol. The van der Waals surface area contributed by atoms with Crippen LogP contribution in [0.25, 0.3) is 0 Å². The van der Waals surface area contributed by atoms with Gasteiger partial charge in [-0.15, -0.1) is 0 Å². The second-order valence-corrected chi connectivity index (χ2v) is 4.82. The number of halogens is 1. The lowest BCUT2D eigenvalue weighted by Gasteiger charge is -2.28. The second kappa shape index (κ2) is 5.82. The van der Waals surface area contributed by atoms with Crippen LogP contribution >= 0.6 is 0 Å². The van der Waals surface area contributed by atoms with Crippen LogP contribution in [-0.4, -0.2) is 35.0 Å². The van der Waals surface area contributed by atoms with Gasteiger partial charge in [0.1, 0.15) is 11.7 Å². The highest BCUT2D eigenvalue weighted by Crippen LogP contribution is 2.18. The highest BCUT2D eigenvalue weighted by atomic mass is 19.1. The smallest absolute Gasteiger partial charge is 0.519 e. The van der Waals surface area contributed by atoms with Gasteiger partial charge in [-0.3, -0.25) is 4.79 Å². The predicted molar refractivity (Wildman–Crippen MR) is 68.0 cm³/mol. The first-order chi connectivity index (χ1) is 9.06. The van der Waals surface area contributed by atoms with Crippen LogP contribution in [0.15, 0.2) is 24.3 Å². The van der Waals surface area contributed by atoms with Gasteiger partial charge >= 0.3 is 5.97 Å². The summed E-state index contributed by atoms with van der Waals surface area (Å²) in [6.07, 6.45) is 1.38. The zero-order valence-electron chi connectivity index (χ0n) is 10.6. The van der Waals surface area contributed by atoms with Crippen LogP contribution in [-0.2, 0) is 16.0 Å². The first-order valence-electron chi connectivity index (χ1n) is 6.34. The molecule has 2 N–H and O–H groups in total. The molecule has 1 aromatic rings. The van der Waals surface area contributed by atoms with E-state index in [-0.39, 0.29) is 24.1 Å². The fourth-order valence-corrected chi connectivity index (χ4v) is 2.28. The van der Waals surface area contributed by atoms with E-state index >= 15 is 0 Å². The second-order valence-electron chi connectivity index (χ2n) is 4.82. The number of carbonyl (C=O) groups excluding carboxylic acids is 2. The van der Waals surface area contributed by atoms with Crippen molar-refractivity contribution >= 4 is 11.9 Å². The first kappa shape index (κ1) is 13.5. The summed E-state index contributed by atoms with van der Waals surface area (Å²) in [6, 6.07) is 5.89. The molecule has 0 unspecified atom stereocenters. The van der Waals surface area contributed by atoms with E-state index in [2.05, 4.69) is 0 Å². The summed E-state index contributed by atoms with van der Waals surface area (Å²) >= 11 is 0. The van der Waals surface area contributed by atoms with Gasteiger partial charge in [-0.1, -0.05) is 12.1 Å². The van der Waals surface area contributed by atoms with Crippen molar-refractivity contribution in [3.05, 3.63) is 35.6 Å². The summed E-state index contributed by atoms with van der Waals surface area (Å²) in [6.45, 7) is 1.05. The van der Waals surface area contributed by atoms with E-state index in [0.29, 0.717) is 25.9 Å². The maximum atomic E-state index is 12.8. The molecule has 0 aliphatic carbocycles. The normalized spacial score (nSPS) is 16.4. The van der Waals surface area contributed by atoms with Gasteiger partial charge in [0, 0.05) is 17.9 Å². The number of nitrogens with zero attached hydrogens (tertiary/aromatic N) is 1. The van der Waals surface area contributed by atoms with Crippen LogP contribution in [0.4, 0.5) is 4.39 Å². The number of hydrogen-bond donors (Lipinski definition) is 0. The Bertz CT molecular complexity index is 464. The number of rotatable bonds is 3. The van der Waals surface area contributed by atoms with Gasteiger partial charge in [-0.2, -0.15) is 0 Å².